The zero-order valence-electron chi connectivity index (χ0n) is 10.0. The highest BCUT2D eigenvalue weighted by Crippen LogP contribution is 2.12. The molecule has 0 saturated heterocycles. The van der Waals surface area contributed by atoms with Gasteiger partial charge < -0.3 is 5.32 Å². The molecule has 0 heterocycles. The fraction of sp³-hybridized carbons (Fsp3) is 0.133. The minimum atomic E-state index is 0.793. The minimum absolute atomic E-state index is 0.793. The molecule has 2 aromatic carbocycles. The van der Waals surface area contributed by atoms with Crippen molar-refractivity contribution in [1.29, 1.82) is 0 Å². The van der Waals surface area contributed by atoms with Crippen molar-refractivity contribution in [1.82, 2.24) is 5.32 Å². The molecular weight excluding hydrogens is 258 g/mol. The Hall–Kier alpha value is -1.32. The molecule has 0 spiro atoms. The predicted octanol–water partition coefficient (Wildman–Crippen LogP) is 3.99. The van der Waals surface area contributed by atoms with Crippen molar-refractivity contribution in [3.8, 4) is 0 Å². The second-order valence-electron chi connectivity index (χ2n) is 3.90. The summed E-state index contributed by atoms with van der Waals surface area (Å²) in [5, 5.41) is 3.26. The maximum atomic E-state index is 5.30. The van der Waals surface area contributed by atoms with E-state index in [4.69, 9.17) is 12.2 Å². The van der Waals surface area contributed by atoms with E-state index in [0.29, 0.717) is 0 Å². The Morgan fingerprint density at radius 1 is 0.889 bits per heavy atom. The third kappa shape index (κ3) is 4.51. The average molecular weight is 273 g/mol. The predicted molar refractivity (Wildman–Crippen MR) is 83.6 cm³/mol. The lowest BCUT2D eigenvalue weighted by atomic mass is 10.2. The van der Waals surface area contributed by atoms with E-state index in [1.54, 1.807) is 11.8 Å². The molecule has 0 amide bonds. The SMILES string of the molecule is S=C(NCc1ccccc1)SCc1ccccc1. The first kappa shape index (κ1) is 13.1. The van der Waals surface area contributed by atoms with Gasteiger partial charge in [0.2, 0.25) is 0 Å². The van der Waals surface area contributed by atoms with Crippen LogP contribution in [0.4, 0.5) is 0 Å². The zero-order valence-corrected chi connectivity index (χ0v) is 11.6. The fourth-order valence-electron chi connectivity index (χ4n) is 1.54. The quantitative estimate of drug-likeness (QED) is 0.846. The standard InChI is InChI=1S/C15H15NS2/c17-15(16-11-13-7-3-1-4-8-13)18-12-14-9-5-2-6-10-14/h1-10H,11-12H2,(H,16,17). The summed E-state index contributed by atoms with van der Waals surface area (Å²) < 4.78 is 0.850. The topological polar surface area (TPSA) is 12.0 Å². The second-order valence-corrected chi connectivity index (χ2v) is 5.55. The Labute approximate surface area is 118 Å². The number of nitrogens with one attached hydrogen (secondary N) is 1. The van der Waals surface area contributed by atoms with Gasteiger partial charge in [-0.05, 0) is 11.1 Å². The first-order valence-electron chi connectivity index (χ1n) is 5.83. The molecule has 0 aromatic heterocycles. The fourth-order valence-corrected chi connectivity index (χ4v) is 2.46. The molecule has 3 heteroatoms. The molecule has 0 unspecified atom stereocenters. The van der Waals surface area contributed by atoms with Gasteiger partial charge in [-0.15, -0.1) is 0 Å². The highest BCUT2D eigenvalue weighted by atomic mass is 32.2. The molecule has 0 aliphatic heterocycles. The maximum absolute atomic E-state index is 5.30. The van der Waals surface area contributed by atoms with Crippen LogP contribution in [0.15, 0.2) is 60.7 Å². The summed E-state index contributed by atoms with van der Waals surface area (Å²) in [4.78, 5) is 0. The second kappa shape index (κ2) is 7.19. The van der Waals surface area contributed by atoms with Crippen LogP contribution in [0.3, 0.4) is 0 Å². The van der Waals surface area contributed by atoms with Gasteiger partial charge in [-0.2, -0.15) is 0 Å². The first-order valence-corrected chi connectivity index (χ1v) is 7.22. The Balaban J connectivity index is 1.73. The summed E-state index contributed by atoms with van der Waals surface area (Å²) in [6.07, 6.45) is 0. The van der Waals surface area contributed by atoms with Crippen LogP contribution in [0.2, 0.25) is 0 Å². The van der Waals surface area contributed by atoms with Crippen molar-refractivity contribution in [2.45, 2.75) is 12.3 Å². The summed E-state index contributed by atoms with van der Waals surface area (Å²) in [6, 6.07) is 20.7. The summed E-state index contributed by atoms with van der Waals surface area (Å²) in [5.74, 6) is 0.918. The van der Waals surface area contributed by atoms with Gasteiger partial charge in [0.25, 0.3) is 0 Å². The van der Waals surface area contributed by atoms with Crippen LogP contribution in [0, 0.1) is 0 Å². The molecule has 1 nitrogen and oxygen atoms in total. The van der Waals surface area contributed by atoms with Gasteiger partial charge in [0, 0.05) is 12.3 Å². The van der Waals surface area contributed by atoms with Crippen LogP contribution in [0.5, 0.6) is 0 Å². The summed E-state index contributed by atoms with van der Waals surface area (Å²) in [6.45, 7) is 0.793. The van der Waals surface area contributed by atoms with Crippen LogP contribution in [-0.2, 0) is 12.3 Å². The van der Waals surface area contributed by atoms with Crippen molar-refractivity contribution in [2.24, 2.45) is 0 Å². The van der Waals surface area contributed by atoms with Gasteiger partial charge in [0.05, 0.1) is 0 Å². The van der Waals surface area contributed by atoms with E-state index in [9.17, 15) is 0 Å². The Kier molecular flexibility index (Phi) is 5.24. The number of hydrogen-bond donors (Lipinski definition) is 1. The molecule has 0 radical (unpaired) electrons. The molecule has 0 bridgehead atoms. The van der Waals surface area contributed by atoms with E-state index >= 15 is 0 Å². The molecule has 1 N–H and O–H groups in total. The number of hydrogen-bond acceptors (Lipinski definition) is 2. The van der Waals surface area contributed by atoms with Crippen molar-refractivity contribution in [3.63, 3.8) is 0 Å². The van der Waals surface area contributed by atoms with Crippen LogP contribution < -0.4 is 5.32 Å². The van der Waals surface area contributed by atoms with Crippen molar-refractivity contribution < 1.29 is 0 Å². The number of benzene rings is 2. The highest BCUT2D eigenvalue weighted by molar-refractivity contribution is 8.22. The Morgan fingerprint density at radius 2 is 1.44 bits per heavy atom. The van der Waals surface area contributed by atoms with Crippen molar-refractivity contribution in [2.75, 3.05) is 0 Å². The van der Waals surface area contributed by atoms with E-state index in [1.807, 2.05) is 24.3 Å². The lowest BCUT2D eigenvalue weighted by Gasteiger charge is -2.07. The third-order valence-electron chi connectivity index (χ3n) is 2.49. The van der Waals surface area contributed by atoms with Gasteiger partial charge in [0.1, 0.15) is 4.32 Å². The first-order chi connectivity index (χ1) is 8.84. The van der Waals surface area contributed by atoms with Gasteiger partial charge in [0.15, 0.2) is 0 Å². The third-order valence-corrected chi connectivity index (χ3v) is 3.87. The van der Waals surface area contributed by atoms with E-state index in [2.05, 4.69) is 41.7 Å². The Bertz CT molecular complexity index is 437. The van der Waals surface area contributed by atoms with Crippen molar-refractivity contribution in [3.05, 3.63) is 71.8 Å². The number of thiocarbonyl (C=S) groups is 1. The summed E-state index contributed by atoms with van der Waals surface area (Å²) in [5.41, 5.74) is 2.55. The van der Waals surface area contributed by atoms with Crippen LogP contribution in [0.1, 0.15) is 11.1 Å². The molecule has 0 aliphatic carbocycles. The average Bonchev–Trinajstić information content (AvgIpc) is 2.45. The number of thioether (sulfide) groups is 1. The minimum Gasteiger partial charge on any atom is -0.367 e. The molecule has 18 heavy (non-hydrogen) atoms. The molecule has 92 valence electrons. The monoisotopic (exact) mass is 273 g/mol. The molecule has 2 aromatic rings. The smallest absolute Gasteiger partial charge is 0.134 e. The summed E-state index contributed by atoms with van der Waals surface area (Å²) in [7, 11) is 0. The molecule has 0 atom stereocenters. The lowest BCUT2D eigenvalue weighted by molar-refractivity contribution is 0.939. The van der Waals surface area contributed by atoms with Gasteiger partial charge in [-0.1, -0.05) is 84.6 Å². The van der Waals surface area contributed by atoms with Gasteiger partial charge in [-0.3, -0.25) is 0 Å². The zero-order chi connectivity index (χ0) is 12.6. The highest BCUT2D eigenvalue weighted by Gasteiger charge is 1.98. The molecule has 2 rings (SSSR count). The lowest BCUT2D eigenvalue weighted by Crippen LogP contribution is -2.17. The maximum Gasteiger partial charge on any atom is 0.134 e. The van der Waals surface area contributed by atoms with Crippen LogP contribution in [-0.4, -0.2) is 4.32 Å². The van der Waals surface area contributed by atoms with Crippen LogP contribution >= 0.6 is 24.0 Å². The normalized spacial score (nSPS) is 10.0. The summed E-state index contributed by atoms with van der Waals surface area (Å²) >= 11 is 6.97. The number of rotatable bonds is 4. The Morgan fingerprint density at radius 3 is 2.06 bits per heavy atom. The molecular formula is C15H15NS2. The van der Waals surface area contributed by atoms with Gasteiger partial charge >= 0.3 is 0 Å². The van der Waals surface area contributed by atoms with E-state index in [1.165, 1.54) is 11.1 Å². The van der Waals surface area contributed by atoms with E-state index in [-0.39, 0.29) is 0 Å². The van der Waals surface area contributed by atoms with E-state index < -0.39 is 0 Å². The molecule has 0 fully saturated rings. The molecule has 0 saturated carbocycles. The van der Waals surface area contributed by atoms with Crippen molar-refractivity contribution >= 4 is 28.3 Å². The van der Waals surface area contributed by atoms with Crippen LogP contribution in [0.25, 0.3) is 0 Å². The van der Waals surface area contributed by atoms with E-state index in [0.717, 1.165) is 16.6 Å². The van der Waals surface area contributed by atoms with Gasteiger partial charge in [-0.25, -0.2) is 0 Å². The molecule has 0 aliphatic rings. The largest absolute Gasteiger partial charge is 0.367 e.